The van der Waals surface area contributed by atoms with Crippen molar-refractivity contribution in [2.24, 2.45) is 17.8 Å². The molecule has 2 saturated carbocycles. The van der Waals surface area contributed by atoms with Crippen molar-refractivity contribution < 1.29 is 46.6 Å². The van der Waals surface area contributed by atoms with Gasteiger partial charge in [0.2, 0.25) is 33.6 Å². The van der Waals surface area contributed by atoms with Gasteiger partial charge in [0.25, 0.3) is 5.91 Å². The van der Waals surface area contributed by atoms with Gasteiger partial charge in [0, 0.05) is 23.8 Å². The Hall–Kier alpha value is -4.47. The number of amides is 4. The molecule has 1 saturated heterocycles. The van der Waals surface area contributed by atoms with Crippen molar-refractivity contribution in [2.45, 2.75) is 93.7 Å². The van der Waals surface area contributed by atoms with Crippen LogP contribution in [0.3, 0.4) is 0 Å². The van der Waals surface area contributed by atoms with Crippen molar-refractivity contribution in [1.29, 1.82) is 0 Å². The molecule has 0 radical (unpaired) electrons. The van der Waals surface area contributed by atoms with E-state index in [0.717, 1.165) is 5.39 Å². The zero-order chi connectivity index (χ0) is 37.4. The van der Waals surface area contributed by atoms with Crippen LogP contribution in [-0.4, -0.2) is 96.0 Å². The molecule has 16 heteroatoms. The zero-order valence-corrected chi connectivity index (χ0v) is 30.3. The number of pyridine rings is 1. The third-order valence-corrected chi connectivity index (χ3v) is 13.2. The third-order valence-electron chi connectivity index (χ3n) is 11.1. The summed E-state index contributed by atoms with van der Waals surface area (Å²) in [6.07, 6.45) is 4.05. The summed E-state index contributed by atoms with van der Waals surface area (Å²) in [6.45, 7) is 2.66. The van der Waals surface area contributed by atoms with Gasteiger partial charge in [-0.15, -0.1) is 0 Å². The number of fused-ring (bicyclic) bond motifs is 3. The van der Waals surface area contributed by atoms with Crippen LogP contribution in [0, 0.1) is 17.8 Å². The predicted octanol–water partition coefficient (Wildman–Crippen LogP) is 3.45. The van der Waals surface area contributed by atoms with Gasteiger partial charge in [-0.2, -0.15) is 4.98 Å². The predicted molar refractivity (Wildman–Crippen MR) is 188 cm³/mol. The summed E-state index contributed by atoms with van der Waals surface area (Å²) < 4.78 is 52.1. The van der Waals surface area contributed by atoms with Crippen LogP contribution in [0.4, 0.5) is 9.18 Å². The minimum Gasteiger partial charge on any atom is -0.481 e. The summed E-state index contributed by atoms with van der Waals surface area (Å²) in [6, 6.07) is 6.68. The van der Waals surface area contributed by atoms with Crippen molar-refractivity contribution in [2.75, 3.05) is 20.3 Å². The van der Waals surface area contributed by atoms with Gasteiger partial charge in [-0.25, -0.2) is 17.6 Å². The topological polar surface area (TPSA) is 193 Å². The monoisotopic (exact) mass is 743 g/mol. The minimum atomic E-state index is -4.39. The maximum Gasteiger partial charge on any atom is 0.405 e. The minimum absolute atomic E-state index is 0.0424. The summed E-state index contributed by atoms with van der Waals surface area (Å²) in [5.41, 5.74) is -1.66. The summed E-state index contributed by atoms with van der Waals surface area (Å²) in [4.78, 5) is 60.5. The highest BCUT2D eigenvalue weighted by atomic mass is 32.2. The van der Waals surface area contributed by atoms with Gasteiger partial charge in [0.05, 0.1) is 13.7 Å². The fourth-order valence-corrected chi connectivity index (χ4v) is 9.02. The lowest BCUT2D eigenvalue weighted by Crippen LogP contribution is -2.59. The number of carbonyl (C=O) groups excluding carboxylic acids is 3. The Morgan fingerprint density at radius 1 is 1.19 bits per heavy atom. The molecular weight excluding hydrogens is 697 g/mol. The number of hydrogen-bond acceptors (Lipinski definition) is 9. The standard InChI is InChI=1S/C36H46FN5O9S/c1-4-22-15-21(2)9-5-7-11-24-18-36(24,33(45)41-52(48,49)35(20-37)13-14-35)40-30(43)27-17-25(19-42(27)32(44)29(22)39-34(46)47)51-31-26-12-8-6-10-23(26)16-28(38-31)50-3/h6-8,10-12,16,21-22,24-25,27,29,39H,4-5,9,13-15,17-20H2,1-3H3,(H,40,43)(H,41,45)(H,46,47)/t21-,22+,24+,25+,27-,29-,36+/m0/s1. The average molecular weight is 744 g/mol. The Bertz CT molecular complexity index is 1870. The average Bonchev–Trinajstić information content (AvgIpc) is 4.02. The number of carboxylic acid groups (broad SMARTS) is 1. The Morgan fingerprint density at radius 2 is 1.94 bits per heavy atom. The molecule has 14 nitrogen and oxygen atoms in total. The van der Waals surface area contributed by atoms with Crippen LogP contribution in [0.15, 0.2) is 42.5 Å². The zero-order valence-electron chi connectivity index (χ0n) is 29.5. The molecule has 3 fully saturated rings. The first-order valence-corrected chi connectivity index (χ1v) is 19.3. The van der Waals surface area contributed by atoms with E-state index >= 15 is 0 Å². The first-order valence-electron chi connectivity index (χ1n) is 17.8. The maximum absolute atomic E-state index is 14.5. The number of halogens is 1. The molecule has 4 aliphatic rings. The highest BCUT2D eigenvalue weighted by Gasteiger charge is 2.64. The van der Waals surface area contributed by atoms with E-state index in [1.54, 1.807) is 12.1 Å². The van der Waals surface area contributed by atoms with Crippen LogP contribution in [0.25, 0.3) is 10.8 Å². The summed E-state index contributed by atoms with van der Waals surface area (Å²) in [5, 5.41) is 16.5. The maximum atomic E-state index is 14.5. The first kappa shape index (κ1) is 37.3. The first-order chi connectivity index (χ1) is 24.8. The Morgan fingerprint density at radius 3 is 2.62 bits per heavy atom. The number of alkyl halides is 1. The Kier molecular flexibility index (Phi) is 10.4. The molecule has 0 bridgehead atoms. The molecule has 2 aromatic rings. The van der Waals surface area contributed by atoms with Gasteiger partial charge in [-0.3, -0.25) is 19.1 Å². The van der Waals surface area contributed by atoms with Crippen molar-refractivity contribution in [3.8, 4) is 11.8 Å². The van der Waals surface area contributed by atoms with Crippen LogP contribution in [-0.2, 0) is 24.4 Å². The Balaban J connectivity index is 1.36. The fourth-order valence-electron chi connectivity index (χ4n) is 7.60. The molecule has 6 rings (SSSR count). The number of sulfonamides is 1. The number of methoxy groups -OCH3 is 1. The van der Waals surface area contributed by atoms with E-state index < -0.39 is 74.9 Å². The summed E-state index contributed by atoms with van der Waals surface area (Å²) in [5.74, 6) is -2.66. The van der Waals surface area contributed by atoms with Gasteiger partial charge >= 0.3 is 6.09 Å². The van der Waals surface area contributed by atoms with E-state index in [1.165, 1.54) is 12.0 Å². The molecule has 1 aromatic carbocycles. The second-order valence-corrected chi connectivity index (χ2v) is 16.7. The lowest BCUT2D eigenvalue weighted by Gasteiger charge is -2.33. The van der Waals surface area contributed by atoms with Crippen LogP contribution in [0.1, 0.15) is 65.2 Å². The van der Waals surface area contributed by atoms with Crippen LogP contribution in [0.5, 0.6) is 11.8 Å². The van der Waals surface area contributed by atoms with Crippen LogP contribution < -0.4 is 24.8 Å². The molecule has 1 aromatic heterocycles. The smallest absolute Gasteiger partial charge is 0.405 e. The third kappa shape index (κ3) is 7.26. The van der Waals surface area contributed by atoms with E-state index in [-0.39, 0.29) is 55.8 Å². The molecule has 4 amide bonds. The van der Waals surface area contributed by atoms with E-state index in [1.807, 2.05) is 44.2 Å². The largest absolute Gasteiger partial charge is 0.481 e. The summed E-state index contributed by atoms with van der Waals surface area (Å²) in [7, 11) is -2.92. The van der Waals surface area contributed by atoms with Gasteiger partial charge in [-0.05, 0) is 61.8 Å². The number of ether oxygens (including phenoxy) is 2. The van der Waals surface area contributed by atoms with Crippen molar-refractivity contribution in [3.05, 3.63) is 42.5 Å². The van der Waals surface area contributed by atoms with Crippen LogP contribution >= 0.6 is 0 Å². The number of rotatable bonds is 9. The van der Waals surface area contributed by atoms with Gasteiger partial charge < -0.3 is 30.1 Å². The fraction of sp³-hybridized carbons (Fsp3) is 0.583. The van der Waals surface area contributed by atoms with E-state index in [4.69, 9.17) is 9.47 Å². The molecule has 2 aliphatic heterocycles. The molecule has 3 heterocycles. The number of carbonyl (C=O) groups is 4. The summed E-state index contributed by atoms with van der Waals surface area (Å²) >= 11 is 0. The number of nitrogens with zero attached hydrogens (tertiary/aromatic N) is 2. The number of aromatic nitrogens is 1. The van der Waals surface area contributed by atoms with Crippen molar-refractivity contribution in [3.63, 3.8) is 0 Å². The highest BCUT2D eigenvalue weighted by molar-refractivity contribution is 7.91. The number of hydrogen-bond donors (Lipinski definition) is 4. The SMILES string of the molecule is CC[C@@H]1C[C@@H](C)CCC=C[C@@H]2C[C@@]2(C(=O)NS(=O)(=O)C2(CF)CC2)NC(=O)[C@@H]2C[C@@H](Oc3nc(OC)cc4ccccc34)CN2C(=O)[C@H]1NC(=O)O. The van der Waals surface area contributed by atoms with E-state index in [2.05, 4.69) is 20.3 Å². The van der Waals surface area contributed by atoms with Crippen molar-refractivity contribution in [1.82, 2.24) is 25.2 Å². The molecular formula is C36H46FN5O9S. The van der Waals surface area contributed by atoms with Gasteiger partial charge in [0.1, 0.15) is 35.1 Å². The number of benzene rings is 1. The number of allylic oxidation sites excluding steroid dienone is 1. The highest BCUT2D eigenvalue weighted by Crippen LogP contribution is 2.48. The molecule has 0 unspecified atom stereocenters. The molecule has 4 N–H and O–H groups in total. The van der Waals surface area contributed by atoms with Gasteiger partial charge in [0.15, 0.2) is 0 Å². The van der Waals surface area contributed by atoms with Crippen molar-refractivity contribution >= 4 is 44.6 Å². The molecule has 282 valence electrons. The molecule has 52 heavy (non-hydrogen) atoms. The quantitative estimate of drug-likeness (QED) is 0.277. The lowest BCUT2D eigenvalue weighted by atomic mass is 9.85. The molecule has 2 aliphatic carbocycles. The Labute approximate surface area is 301 Å². The normalized spacial score (nSPS) is 30.2. The van der Waals surface area contributed by atoms with E-state index in [0.29, 0.717) is 31.1 Å². The molecule has 0 spiro atoms. The number of nitrogens with one attached hydrogen (secondary N) is 3. The van der Waals surface area contributed by atoms with Gasteiger partial charge in [-0.1, -0.05) is 50.6 Å². The lowest BCUT2D eigenvalue weighted by molar-refractivity contribution is -0.142. The van der Waals surface area contributed by atoms with E-state index in [9.17, 15) is 37.1 Å². The molecule has 7 atom stereocenters. The van der Waals surface area contributed by atoms with Crippen LogP contribution in [0.2, 0.25) is 0 Å². The second-order valence-electron chi connectivity index (χ2n) is 14.6. The second kappa shape index (κ2) is 14.5.